The maximum absolute atomic E-state index is 6.38. The van der Waals surface area contributed by atoms with E-state index in [9.17, 15) is 0 Å². The van der Waals surface area contributed by atoms with Crippen molar-refractivity contribution in [1.29, 1.82) is 0 Å². The summed E-state index contributed by atoms with van der Waals surface area (Å²) in [5, 5.41) is 3.81. The van der Waals surface area contributed by atoms with Gasteiger partial charge >= 0.3 is 0 Å². The van der Waals surface area contributed by atoms with E-state index in [1.54, 1.807) is 0 Å². The summed E-state index contributed by atoms with van der Waals surface area (Å²) < 4.78 is 6.04. The van der Waals surface area contributed by atoms with Gasteiger partial charge in [-0.2, -0.15) is 0 Å². The van der Waals surface area contributed by atoms with Crippen LogP contribution in [-0.4, -0.2) is 19.7 Å². The molecule has 0 fully saturated rings. The van der Waals surface area contributed by atoms with Crippen LogP contribution < -0.4 is 10.1 Å². The molecule has 112 valence electrons. The summed E-state index contributed by atoms with van der Waals surface area (Å²) in [7, 11) is 1.93. The summed E-state index contributed by atoms with van der Waals surface area (Å²) in [5.41, 5.74) is 2.25. The van der Waals surface area contributed by atoms with Crippen LogP contribution in [0.1, 0.15) is 13.8 Å². The van der Waals surface area contributed by atoms with E-state index in [1.165, 1.54) is 0 Å². The monoisotopic (exact) mass is 303 g/mol. The Balaban J connectivity index is 2.19. The van der Waals surface area contributed by atoms with E-state index < -0.39 is 0 Å². The topological polar surface area (TPSA) is 21.3 Å². The predicted molar refractivity (Wildman–Crippen MR) is 90.1 cm³/mol. The number of rotatable bonds is 6. The molecular formula is C18H22ClNO. The SMILES string of the molecule is CNCC(Oc1ccc(-c2ccccc2)cc1Cl)C(C)C. The van der Waals surface area contributed by atoms with Crippen LogP contribution in [0.25, 0.3) is 11.1 Å². The Morgan fingerprint density at radius 1 is 1.05 bits per heavy atom. The molecule has 3 heteroatoms. The first-order chi connectivity index (χ1) is 10.1. The van der Waals surface area contributed by atoms with Gasteiger partial charge in [0.05, 0.1) is 5.02 Å². The number of nitrogens with one attached hydrogen (secondary N) is 1. The van der Waals surface area contributed by atoms with E-state index in [4.69, 9.17) is 16.3 Å². The number of halogens is 1. The number of hydrogen-bond donors (Lipinski definition) is 1. The van der Waals surface area contributed by atoms with E-state index >= 15 is 0 Å². The quantitative estimate of drug-likeness (QED) is 0.840. The largest absolute Gasteiger partial charge is 0.487 e. The summed E-state index contributed by atoms with van der Waals surface area (Å²) in [6.45, 7) is 5.09. The molecule has 0 saturated carbocycles. The van der Waals surface area contributed by atoms with Gasteiger partial charge in [0, 0.05) is 6.54 Å². The zero-order valence-corrected chi connectivity index (χ0v) is 13.5. The minimum Gasteiger partial charge on any atom is -0.487 e. The Labute approximate surface area is 132 Å². The summed E-state index contributed by atoms with van der Waals surface area (Å²) in [5.74, 6) is 1.16. The van der Waals surface area contributed by atoms with Crippen molar-refractivity contribution < 1.29 is 4.74 Å². The van der Waals surface area contributed by atoms with E-state index in [2.05, 4.69) is 31.3 Å². The first kappa shape index (κ1) is 15.9. The molecule has 1 atom stereocenters. The lowest BCUT2D eigenvalue weighted by molar-refractivity contribution is 0.151. The molecule has 21 heavy (non-hydrogen) atoms. The van der Waals surface area contributed by atoms with Gasteiger partial charge < -0.3 is 10.1 Å². The van der Waals surface area contributed by atoms with Gasteiger partial charge in [-0.25, -0.2) is 0 Å². The maximum atomic E-state index is 6.38. The summed E-state index contributed by atoms with van der Waals surface area (Å²) in [6, 6.07) is 16.2. The average molecular weight is 304 g/mol. The highest BCUT2D eigenvalue weighted by Crippen LogP contribution is 2.31. The number of benzene rings is 2. The van der Waals surface area contributed by atoms with Crippen LogP contribution in [0, 0.1) is 5.92 Å². The standard InChI is InChI=1S/C18H22ClNO/c1-13(2)18(12-20-3)21-17-10-9-15(11-16(17)19)14-7-5-4-6-8-14/h4-11,13,18,20H,12H2,1-3H3. The minimum atomic E-state index is 0.107. The molecule has 0 aliphatic heterocycles. The van der Waals surface area contributed by atoms with Crippen molar-refractivity contribution in [1.82, 2.24) is 5.32 Å². The average Bonchev–Trinajstić information content (AvgIpc) is 2.49. The number of likely N-dealkylation sites (N-methyl/N-ethyl adjacent to an activating group) is 1. The maximum Gasteiger partial charge on any atom is 0.138 e. The van der Waals surface area contributed by atoms with Crippen molar-refractivity contribution in [2.24, 2.45) is 5.92 Å². The molecular weight excluding hydrogens is 282 g/mol. The molecule has 0 amide bonds. The van der Waals surface area contributed by atoms with Crippen molar-refractivity contribution >= 4 is 11.6 Å². The van der Waals surface area contributed by atoms with Gasteiger partial charge in [-0.15, -0.1) is 0 Å². The molecule has 0 saturated heterocycles. The molecule has 1 unspecified atom stereocenters. The van der Waals surface area contributed by atoms with Gasteiger partial charge in [-0.1, -0.05) is 61.8 Å². The van der Waals surface area contributed by atoms with Crippen molar-refractivity contribution in [3.63, 3.8) is 0 Å². The molecule has 0 spiro atoms. The first-order valence-electron chi connectivity index (χ1n) is 7.28. The van der Waals surface area contributed by atoms with Crippen molar-refractivity contribution in [3.05, 3.63) is 53.6 Å². The van der Waals surface area contributed by atoms with Crippen molar-refractivity contribution in [3.8, 4) is 16.9 Å². The zero-order chi connectivity index (χ0) is 15.2. The van der Waals surface area contributed by atoms with Crippen LogP contribution in [0.5, 0.6) is 5.75 Å². The third-order valence-corrected chi connectivity index (χ3v) is 3.76. The predicted octanol–water partition coefficient (Wildman–Crippen LogP) is 4.63. The summed E-state index contributed by atoms with van der Waals surface area (Å²) in [4.78, 5) is 0. The van der Waals surface area contributed by atoms with Gasteiger partial charge in [0.25, 0.3) is 0 Å². The Morgan fingerprint density at radius 3 is 2.33 bits per heavy atom. The smallest absolute Gasteiger partial charge is 0.138 e. The molecule has 0 aliphatic rings. The minimum absolute atomic E-state index is 0.107. The fourth-order valence-corrected chi connectivity index (χ4v) is 2.41. The molecule has 1 N–H and O–H groups in total. The fourth-order valence-electron chi connectivity index (χ4n) is 2.18. The van der Waals surface area contributed by atoms with Gasteiger partial charge in [-0.3, -0.25) is 0 Å². The molecule has 0 aromatic heterocycles. The van der Waals surface area contributed by atoms with Crippen LogP contribution in [0.4, 0.5) is 0 Å². The lowest BCUT2D eigenvalue weighted by Gasteiger charge is -2.23. The molecule has 2 aromatic rings. The lowest BCUT2D eigenvalue weighted by Crippen LogP contribution is -2.33. The molecule has 2 nitrogen and oxygen atoms in total. The molecule has 0 bridgehead atoms. The van der Waals surface area contributed by atoms with Crippen LogP contribution in [0.15, 0.2) is 48.5 Å². The van der Waals surface area contributed by atoms with Crippen molar-refractivity contribution in [2.45, 2.75) is 20.0 Å². The molecule has 2 aromatic carbocycles. The summed E-state index contributed by atoms with van der Waals surface area (Å²) in [6.07, 6.45) is 0.107. The highest BCUT2D eigenvalue weighted by atomic mass is 35.5. The zero-order valence-electron chi connectivity index (χ0n) is 12.8. The Hall–Kier alpha value is -1.51. The molecule has 0 radical (unpaired) electrons. The van der Waals surface area contributed by atoms with Gasteiger partial charge in [0.1, 0.15) is 11.9 Å². The first-order valence-corrected chi connectivity index (χ1v) is 7.66. The normalized spacial score (nSPS) is 12.4. The fraction of sp³-hybridized carbons (Fsp3) is 0.333. The van der Waals surface area contributed by atoms with Crippen LogP contribution in [-0.2, 0) is 0 Å². The third-order valence-electron chi connectivity index (χ3n) is 3.47. The van der Waals surface area contributed by atoms with E-state index in [-0.39, 0.29) is 6.10 Å². The Kier molecular flexibility index (Phi) is 5.66. The van der Waals surface area contributed by atoms with E-state index in [0.717, 1.165) is 23.4 Å². The second-order valence-corrected chi connectivity index (χ2v) is 5.88. The van der Waals surface area contributed by atoms with Crippen LogP contribution >= 0.6 is 11.6 Å². The van der Waals surface area contributed by atoms with E-state index in [0.29, 0.717) is 10.9 Å². The number of ether oxygens (including phenoxy) is 1. The van der Waals surface area contributed by atoms with Crippen LogP contribution in [0.2, 0.25) is 5.02 Å². The molecule has 0 aliphatic carbocycles. The van der Waals surface area contributed by atoms with Crippen LogP contribution in [0.3, 0.4) is 0 Å². The highest BCUT2D eigenvalue weighted by molar-refractivity contribution is 6.32. The van der Waals surface area contributed by atoms with Gasteiger partial charge in [-0.05, 0) is 36.2 Å². The van der Waals surface area contributed by atoms with Gasteiger partial charge in [0.15, 0.2) is 0 Å². The number of hydrogen-bond acceptors (Lipinski definition) is 2. The Morgan fingerprint density at radius 2 is 1.76 bits per heavy atom. The van der Waals surface area contributed by atoms with Crippen molar-refractivity contribution in [2.75, 3.05) is 13.6 Å². The second kappa shape index (κ2) is 7.48. The Bertz CT molecular complexity index is 569. The lowest BCUT2D eigenvalue weighted by atomic mass is 10.1. The summed E-state index contributed by atoms with van der Waals surface area (Å²) >= 11 is 6.38. The third kappa shape index (κ3) is 4.23. The highest BCUT2D eigenvalue weighted by Gasteiger charge is 2.16. The van der Waals surface area contributed by atoms with Gasteiger partial charge in [0.2, 0.25) is 0 Å². The molecule has 2 rings (SSSR count). The van der Waals surface area contributed by atoms with E-state index in [1.807, 2.05) is 43.4 Å². The second-order valence-electron chi connectivity index (χ2n) is 5.47. The molecule has 0 heterocycles.